The van der Waals surface area contributed by atoms with Crippen LogP contribution in [0, 0.1) is 0 Å². The molecule has 0 radical (unpaired) electrons. The Morgan fingerprint density at radius 2 is 1.86 bits per heavy atom. The third-order valence-corrected chi connectivity index (χ3v) is 4.39. The molecule has 0 atom stereocenters. The van der Waals surface area contributed by atoms with Crippen molar-refractivity contribution in [3.05, 3.63) is 23.4 Å². The average molecular weight is 290 g/mol. The molecule has 2 heterocycles. The lowest BCUT2D eigenvalue weighted by atomic mass is 9.90. The van der Waals surface area contributed by atoms with E-state index in [0.717, 1.165) is 24.6 Å². The third-order valence-electron chi connectivity index (χ3n) is 4.39. The van der Waals surface area contributed by atoms with E-state index in [4.69, 9.17) is 10.7 Å². The Morgan fingerprint density at radius 3 is 2.33 bits per heavy atom. The van der Waals surface area contributed by atoms with Crippen LogP contribution in [0.25, 0.3) is 0 Å². The van der Waals surface area contributed by atoms with Crippen LogP contribution in [0.5, 0.6) is 0 Å². The highest BCUT2D eigenvalue weighted by molar-refractivity contribution is 5.44. The largest absolute Gasteiger partial charge is 0.356 e. The summed E-state index contributed by atoms with van der Waals surface area (Å²) in [6, 6.07) is 5.00. The van der Waals surface area contributed by atoms with Gasteiger partial charge in [-0.1, -0.05) is 20.8 Å². The van der Waals surface area contributed by atoms with Gasteiger partial charge in [0.05, 0.1) is 0 Å². The fraction of sp³-hybridized carbons (Fsp3) is 0.706. The zero-order valence-corrected chi connectivity index (χ0v) is 14.2. The van der Waals surface area contributed by atoms with Gasteiger partial charge < -0.3 is 15.5 Å². The molecular weight excluding hydrogens is 260 g/mol. The van der Waals surface area contributed by atoms with Gasteiger partial charge in [-0.25, -0.2) is 4.98 Å². The van der Waals surface area contributed by atoms with E-state index >= 15 is 0 Å². The molecule has 0 aliphatic carbocycles. The van der Waals surface area contributed by atoms with E-state index in [0.29, 0.717) is 12.6 Å². The Balaban J connectivity index is 2.20. The Morgan fingerprint density at radius 1 is 1.24 bits per heavy atom. The molecule has 0 saturated carbocycles. The van der Waals surface area contributed by atoms with E-state index in [1.165, 1.54) is 18.4 Å². The van der Waals surface area contributed by atoms with Crippen molar-refractivity contribution in [2.24, 2.45) is 5.73 Å². The quantitative estimate of drug-likeness (QED) is 0.928. The van der Waals surface area contributed by atoms with Crippen LogP contribution in [0.3, 0.4) is 0 Å². The summed E-state index contributed by atoms with van der Waals surface area (Å²) in [6.45, 7) is 9.35. The molecule has 1 aromatic rings. The lowest BCUT2D eigenvalue weighted by molar-refractivity contribution is 0.249. The lowest BCUT2D eigenvalue weighted by Gasteiger charge is -2.36. The van der Waals surface area contributed by atoms with Crippen molar-refractivity contribution < 1.29 is 0 Å². The predicted octanol–water partition coefficient (Wildman–Crippen LogP) is 2.37. The van der Waals surface area contributed by atoms with Gasteiger partial charge in [-0.05, 0) is 44.6 Å². The second-order valence-corrected chi connectivity index (χ2v) is 7.35. The molecule has 0 unspecified atom stereocenters. The summed E-state index contributed by atoms with van der Waals surface area (Å²) < 4.78 is 0. The molecule has 21 heavy (non-hydrogen) atoms. The van der Waals surface area contributed by atoms with Gasteiger partial charge in [0, 0.05) is 36.8 Å². The molecule has 0 spiro atoms. The van der Waals surface area contributed by atoms with Crippen molar-refractivity contribution >= 4 is 5.82 Å². The molecule has 0 amide bonds. The maximum Gasteiger partial charge on any atom is 0.129 e. The van der Waals surface area contributed by atoms with Crippen LogP contribution >= 0.6 is 0 Å². The molecule has 4 nitrogen and oxygen atoms in total. The normalized spacial score (nSPS) is 17.6. The summed E-state index contributed by atoms with van der Waals surface area (Å²) in [5.41, 5.74) is 8.24. The zero-order valence-electron chi connectivity index (χ0n) is 14.2. The number of hydrogen-bond acceptors (Lipinski definition) is 4. The summed E-state index contributed by atoms with van der Waals surface area (Å²) in [7, 11) is 4.34. The van der Waals surface area contributed by atoms with Gasteiger partial charge in [-0.15, -0.1) is 0 Å². The first-order chi connectivity index (χ1) is 9.81. The van der Waals surface area contributed by atoms with Crippen LogP contribution in [0.2, 0.25) is 0 Å². The van der Waals surface area contributed by atoms with Crippen LogP contribution in [0.1, 0.15) is 44.9 Å². The van der Waals surface area contributed by atoms with Crippen LogP contribution in [0.15, 0.2) is 12.1 Å². The zero-order chi connectivity index (χ0) is 15.6. The van der Waals surface area contributed by atoms with Gasteiger partial charge in [0.1, 0.15) is 5.82 Å². The number of hydrogen-bond donors (Lipinski definition) is 1. The number of aromatic nitrogens is 1. The van der Waals surface area contributed by atoms with E-state index < -0.39 is 0 Å². The van der Waals surface area contributed by atoms with Gasteiger partial charge >= 0.3 is 0 Å². The smallest absolute Gasteiger partial charge is 0.129 e. The molecule has 0 aromatic carbocycles. The van der Waals surface area contributed by atoms with Crippen molar-refractivity contribution in [3.8, 4) is 0 Å². The molecule has 4 heteroatoms. The third kappa shape index (κ3) is 3.95. The van der Waals surface area contributed by atoms with Crippen LogP contribution in [-0.4, -0.2) is 43.1 Å². The Hall–Kier alpha value is -1.13. The minimum atomic E-state index is 0.0574. The highest BCUT2D eigenvalue weighted by atomic mass is 15.2. The van der Waals surface area contributed by atoms with Gasteiger partial charge in [-0.2, -0.15) is 0 Å². The highest BCUT2D eigenvalue weighted by Crippen LogP contribution is 2.26. The average Bonchev–Trinajstić information content (AvgIpc) is 2.46. The number of rotatable bonds is 3. The SMILES string of the molecule is CN(C)C1CCN(c2cc(CN)cc(C(C)(C)C)n2)CC1. The second kappa shape index (κ2) is 6.32. The second-order valence-electron chi connectivity index (χ2n) is 7.35. The molecule has 1 fully saturated rings. The van der Waals surface area contributed by atoms with Gasteiger partial charge in [0.2, 0.25) is 0 Å². The number of anilines is 1. The number of nitrogens with zero attached hydrogens (tertiary/aromatic N) is 3. The predicted molar refractivity (Wildman–Crippen MR) is 89.8 cm³/mol. The van der Waals surface area contributed by atoms with Crippen LogP contribution < -0.4 is 10.6 Å². The van der Waals surface area contributed by atoms with Crippen molar-refractivity contribution in [2.45, 2.75) is 51.6 Å². The summed E-state index contributed by atoms with van der Waals surface area (Å²) in [5, 5.41) is 0. The lowest BCUT2D eigenvalue weighted by Crippen LogP contribution is -2.42. The molecule has 0 bridgehead atoms. The molecule has 1 aromatic heterocycles. The van der Waals surface area contributed by atoms with E-state index in [9.17, 15) is 0 Å². The molecule has 2 rings (SSSR count). The van der Waals surface area contributed by atoms with Gasteiger partial charge in [0.15, 0.2) is 0 Å². The highest BCUT2D eigenvalue weighted by Gasteiger charge is 2.23. The van der Waals surface area contributed by atoms with E-state index in [-0.39, 0.29) is 5.41 Å². The maximum absolute atomic E-state index is 5.87. The fourth-order valence-corrected chi connectivity index (χ4v) is 2.85. The first kappa shape index (κ1) is 16.2. The summed E-state index contributed by atoms with van der Waals surface area (Å²) in [4.78, 5) is 9.65. The standard InChI is InChI=1S/C17H30N4/c1-17(2,3)15-10-13(12-18)11-16(19-15)21-8-6-14(7-9-21)20(4)5/h10-11,14H,6-9,12,18H2,1-5H3. The summed E-state index contributed by atoms with van der Waals surface area (Å²) >= 11 is 0. The molecule has 1 saturated heterocycles. The summed E-state index contributed by atoms with van der Waals surface area (Å²) in [6.07, 6.45) is 2.40. The molecule has 2 N–H and O–H groups in total. The van der Waals surface area contributed by atoms with Crippen molar-refractivity contribution in [1.82, 2.24) is 9.88 Å². The van der Waals surface area contributed by atoms with Crippen LogP contribution in [-0.2, 0) is 12.0 Å². The Bertz CT molecular complexity index is 468. The van der Waals surface area contributed by atoms with Gasteiger partial charge in [0.25, 0.3) is 0 Å². The summed E-state index contributed by atoms with van der Waals surface area (Å²) in [5.74, 6) is 1.10. The van der Waals surface area contributed by atoms with E-state index in [1.54, 1.807) is 0 Å². The maximum atomic E-state index is 5.87. The van der Waals surface area contributed by atoms with E-state index in [1.807, 2.05) is 0 Å². The molecule has 1 aliphatic rings. The Kier molecular flexibility index (Phi) is 4.89. The number of nitrogens with two attached hydrogens (primary N) is 1. The van der Waals surface area contributed by atoms with Gasteiger partial charge in [-0.3, -0.25) is 0 Å². The number of pyridine rings is 1. The topological polar surface area (TPSA) is 45.4 Å². The van der Waals surface area contributed by atoms with Crippen molar-refractivity contribution in [2.75, 3.05) is 32.1 Å². The number of piperidine rings is 1. The Labute approximate surface area is 129 Å². The van der Waals surface area contributed by atoms with E-state index in [2.05, 4.69) is 56.8 Å². The molecule has 118 valence electrons. The minimum absolute atomic E-state index is 0.0574. The fourth-order valence-electron chi connectivity index (χ4n) is 2.85. The first-order valence-corrected chi connectivity index (χ1v) is 7.94. The van der Waals surface area contributed by atoms with Crippen LogP contribution in [0.4, 0.5) is 5.82 Å². The monoisotopic (exact) mass is 290 g/mol. The molecular formula is C17H30N4. The first-order valence-electron chi connectivity index (χ1n) is 7.94. The minimum Gasteiger partial charge on any atom is -0.356 e. The van der Waals surface area contributed by atoms with Crippen molar-refractivity contribution in [3.63, 3.8) is 0 Å². The molecule has 1 aliphatic heterocycles. The van der Waals surface area contributed by atoms with Crippen molar-refractivity contribution in [1.29, 1.82) is 0 Å².